The number of rotatable bonds is 3. The number of benzene rings is 1. The van der Waals surface area contributed by atoms with Gasteiger partial charge in [-0.1, -0.05) is 12.1 Å². The first-order chi connectivity index (χ1) is 12.6. The fourth-order valence-corrected chi connectivity index (χ4v) is 4.80. The summed E-state index contributed by atoms with van der Waals surface area (Å²) in [4.78, 5) is 4.83. The Morgan fingerprint density at radius 1 is 1.12 bits per heavy atom. The van der Waals surface area contributed by atoms with E-state index in [1.807, 2.05) is 23.0 Å². The van der Waals surface area contributed by atoms with Crippen LogP contribution in [0.1, 0.15) is 24.5 Å². The highest BCUT2D eigenvalue weighted by Gasteiger charge is 2.32. The van der Waals surface area contributed by atoms with Gasteiger partial charge in [-0.15, -0.1) is 4.40 Å². The van der Waals surface area contributed by atoms with Crippen LogP contribution in [0.5, 0.6) is 0 Å². The molecule has 138 valence electrons. The average molecular weight is 373 g/mol. The number of fused-ring (bicyclic) bond motifs is 1. The third kappa shape index (κ3) is 3.26. The predicted molar refractivity (Wildman–Crippen MR) is 99.5 cm³/mol. The highest BCUT2D eigenvalue weighted by molar-refractivity contribution is 7.90. The third-order valence-corrected chi connectivity index (χ3v) is 6.24. The van der Waals surface area contributed by atoms with Gasteiger partial charge in [0, 0.05) is 56.6 Å². The van der Waals surface area contributed by atoms with Crippen molar-refractivity contribution in [3.05, 3.63) is 47.8 Å². The van der Waals surface area contributed by atoms with Crippen LogP contribution in [0.25, 0.3) is 0 Å². The van der Waals surface area contributed by atoms with Gasteiger partial charge in [0.1, 0.15) is 4.90 Å². The zero-order chi connectivity index (χ0) is 18.1. The minimum Gasteiger partial charge on any atom is -0.354 e. The molecule has 0 unspecified atom stereocenters. The average Bonchev–Trinajstić information content (AvgIpc) is 3.11. The number of aromatic nitrogens is 2. The molecule has 1 saturated heterocycles. The Bertz CT molecular complexity index is 935. The SMILES string of the molecule is CCn1cc(CN2CCCN(C3=NS(=O)(=O)c4ccccc43)CC2)cn1. The lowest BCUT2D eigenvalue weighted by Crippen LogP contribution is -2.35. The zero-order valence-corrected chi connectivity index (χ0v) is 15.7. The first-order valence-corrected chi connectivity index (χ1v) is 10.4. The maximum atomic E-state index is 12.3. The first-order valence-electron chi connectivity index (χ1n) is 9.00. The van der Waals surface area contributed by atoms with Crippen molar-refractivity contribution in [2.45, 2.75) is 31.3 Å². The van der Waals surface area contributed by atoms with Gasteiger partial charge in [0.25, 0.3) is 10.0 Å². The highest BCUT2D eigenvalue weighted by Crippen LogP contribution is 2.27. The Morgan fingerprint density at radius 2 is 1.96 bits per heavy atom. The Morgan fingerprint density at radius 3 is 2.77 bits per heavy atom. The molecule has 0 N–H and O–H groups in total. The summed E-state index contributed by atoms with van der Waals surface area (Å²) in [6.45, 7) is 7.26. The van der Waals surface area contributed by atoms with Crippen LogP contribution in [-0.2, 0) is 23.1 Å². The first kappa shape index (κ1) is 17.2. The monoisotopic (exact) mass is 373 g/mol. The highest BCUT2D eigenvalue weighted by atomic mass is 32.2. The molecule has 7 nitrogen and oxygen atoms in total. The fraction of sp³-hybridized carbons (Fsp3) is 0.444. The van der Waals surface area contributed by atoms with Gasteiger partial charge in [0.05, 0.1) is 6.20 Å². The van der Waals surface area contributed by atoms with E-state index in [1.54, 1.807) is 12.1 Å². The molecule has 0 radical (unpaired) electrons. The maximum Gasteiger partial charge on any atom is 0.285 e. The Labute approximate surface area is 154 Å². The number of aryl methyl sites for hydroxylation is 1. The molecule has 1 aromatic heterocycles. The second-order valence-electron chi connectivity index (χ2n) is 6.71. The van der Waals surface area contributed by atoms with Gasteiger partial charge >= 0.3 is 0 Å². The number of nitrogens with zero attached hydrogens (tertiary/aromatic N) is 5. The number of hydrogen-bond donors (Lipinski definition) is 0. The van der Waals surface area contributed by atoms with Crippen LogP contribution in [0.3, 0.4) is 0 Å². The second kappa shape index (κ2) is 6.85. The zero-order valence-electron chi connectivity index (χ0n) is 14.9. The van der Waals surface area contributed by atoms with Crippen molar-refractivity contribution in [3.8, 4) is 0 Å². The van der Waals surface area contributed by atoms with Crippen LogP contribution < -0.4 is 0 Å². The smallest absolute Gasteiger partial charge is 0.285 e. The lowest BCUT2D eigenvalue weighted by atomic mass is 10.2. The van der Waals surface area contributed by atoms with Crippen molar-refractivity contribution in [1.29, 1.82) is 0 Å². The minimum absolute atomic E-state index is 0.322. The van der Waals surface area contributed by atoms with Crippen molar-refractivity contribution in [2.75, 3.05) is 26.2 Å². The van der Waals surface area contributed by atoms with E-state index in [0.29, 0.717) is 10.7 Å². The number of hydrogen-bond acceptors (Lipinski definition) is 5. The van der Waals surface area contributed by atoms with Gasteiger partial charge in [-0.3, -0.25) is 9.58 Å². The van der Waals surface area contributed by atoms with Crippen LogP contribution in [0.2, 0.25) is 0 Å². The molecule has 2 aliphatic rings. The summed E-state index contributed by atoms with van der Waals surface area (Å²) < 4.78 is 30.6. The van der Waals surface area contributed by atoms with Crippen LogP contribution in [0.15, 0.2) is 46.0 Å². The van der Waals surface area contributed by atoms with Crippen LogP contribution in [0.4, 0.5) is 0 Å². The second-order valence-corrected chi connectivity index (χ2v) is 8.28. The van der Waals surface area contributed by atoms with E-state index in [1.165, 1.54) is 5.56 Å². The lowest BCUT2D eigenvalue weighted by Gasteiger charge is -2.23. The van der Waals surface area contributed by atoms with E-state index in [4.69, 9.17) is 0 Å². The molecule has 0 spiro atoms. The Kier molecular flexibility index (Phi) is 4.54. The number of amidine groups is 1. The van der Waals surface area contributed by atoms with Crippen molar-refractivity contribution >= 4 is 15.9 Å². The Hall–Kier alpha value is -2.19. The molecule has 1 fully saturated rings. The maximum absolute atomic E-state index is 12.3. The molecule has 0 saturated carbocycles. The lowest BCUT2D eigenvalue weighted by molar-refractivity contribution is 0.278. The van der Waals surface area contributed by atoms with E-state index in [2.05, 4.69) is 32.4 Å². The molecular formula is C18H23N5O2S. The molecule has 0 atom stereocenters. The molecule has 2 aromatic rings. The van der Waals surface area contributed by atoms with E-state index < -0.39 is 10.0 Å². The summed E-state index contributed by atoms with van der Waals surface area (Å²) in [7, 11) is -3.56. The van der Waals surface area contributed by atoms with E-state index in [9.17, 15) is 8.42 Å². The normalized spacial score (nSPS) is 19.9. The predicted octanol–water partition coefficient (Wildman–Crippen LogP) is 1.56. The van der Waals surface area contributed by atoms with E-state index >= 15 is 0 Å². The molecular weight excluding hydrogens is 350 g/mol. The van der Waals surface area contributed by atoms with Gasteiger partial charge in [0.2, 0.25) is 0 Å². The van der Waals surface area contributed by atoms with Gasteiger partial charge in [-0.05, 0) is 25.5 Å². The summed E-state index contributed by atoms with van der Waals surface area (Å²) in [5.41, 5.74) is 1.94. The summed E-state index contributed by atoms with van der Waals surface area (Å²) in [5, 5.41) is 4.34. The molecule has 1 aromatic carbocycles. The fourth-order valence-electron chi connectivity index (χ4n) is 3.58. The molecule has 0 bridgehead atoms. The van der Waals surface area contributed by atoms with Crippen molar-refractivity contribution in [1.82, 2.24) is 19.6 Å². The van der Waals surface area contributed by atoms with E-state index in [0.717, 1.165) is 51.3 Å². The standard InChI is InChI=1S/C18H23N5O2S/c1-2-23-14-15(12-19-23)13-21-8-5-9-22(11-10-21)18-16-6-3-4-7-17(16)26(24,25)20-18/h3-4,6-7,12,14H,2,5,8-11,13H2,1H3. The summed E-state index contributed by atoms with van der Waals surface area (Å²) >= 11 is 0. The van der Waals surface area contributed by atoms with Crippen LogP contribution >= 0.6 is 0 Å². The molecule has 0 aliphatic carbocycles. The topological polar surface area (TPSA) is 70.8 Å². The molecule has 26 heavy (non-hydrogen) atoms. The molecule has 3 heterocycles. The van der Waals surface area contributed by atoms with Gasteiger partial charge in [0.15, 0.2) is 5.84 Å². The van der Waals surface area contributed by atoms with Crippen molar-refractivity contribution < 1.29 is 8.42 Å². The molecule has 4 rings (SSSR count). The largest absolute Gasteiger partial charge is 0.354 e. The summed E-state index contributed by atoms with van der Waals surface area (Å²) in [6.07, 6.45) is 4.99. The molecule has 2 aliphatic heterocycles. The van der Waals surface area contributed by atoms with Crippen molar-refractivity contribution in [2.24, 2.45) is 4.40 Å². The van der Waals surface area contributed by atoms with Crippen LogP contribution in [0, 0.1) is 0 Å². The van der Waals surface area contributed by atoms with E-state index in [-0.39, 0.29) is 0 Å². The van der Waals surface area contributed by atoms with Gasteiger partial charge in [-0.2, -0.15) is 13.5 Å². The third-order valence-electron chi connectivity index (χ3n) is 4.92. The molecule has 0 amide bonds. The van der Waals surface area contributed by atoms with Gasteiger partial charge in [-0.25, -0.2) is 0 Å². The summed E-state index contributed by atoms with van der Waals surface area (Å²) in [5.74, 6) is 0.598. The molecule has 8 heteroatoms. The van der Waals surface area contributed by atoms with Crippen LogP contribution in [-0.4, -0.2) is 60.0 Å². The quantitative estimate of drug-likeness (QED) is 0.817. The number of sulfonamides is 1. The summed E-state index contributed by atoms with van der Waals surface area (Å²) in [6, 6.07) is 7.09. The Balaban J connectivity index is 1.48. The van der Waals surface area contributed by atoms with Gasteiger partial charge < -0.3 is 4.90 Å². The minimum atomic E-state index is -3.56. The van der Waals surface area contributed by atoms with Crippen molar-refractivity contribution in [3.63, 3.8) is 0 Å².